The minimum absolute atomic E-state index is 0.118. The summed E-state index contributed by atoms with van der Waals surface area (Å²) >= 11 is 4.33. The van der Waals surface area contributed by atoms with Gasteiger partial charge in [0.25, 0.3) is 0 Å². The lowest BCUT2D eigenvalue weighted by Gasteiger charge is -2.05. The Balaban J connectivity index is 1.90. The number of aryl methyl sites for hydroxylation is 1. The number of aromatic amines is 1. The summed E-state index contributed by atoms with van der Waals surface area (Å²) in [5, 5.41) is 9.55. The van der Waals surface area contributed by atoms with Crippen LogP contribution < -0.4 is 5.32 Å². The maximum atomic E-state index is 13.5. The number of aromatic nitrogens is 3. The smallest absolute Gasteiger partial charge is 0.234 e. The van der Waals surface area contributed by atoms with Crippen LogP contribution in [0, 0.1) is 12.7 Å². The van der Waals surface area contributed by atoms with Gasteiger partial charge in [-0.3, -0.25) is 9.89 Å². The van der Waals surface area contributed by atoms with Crippen LogP contribution in [0.5, 0.6) is 0 Å². The molecule has 0 aliphatic heterocycles. The molecule has 0 saturated heterocycles. The number of rotatable bonds is 4. The van der Waals surface area contributed by atoms with Crippen molar-refractivity contribution >= 4 is 39.3 Å². The molecule has 2 rings (SSSR count). The lowest BCUT2D eigenvalue weighted by molar-refractivity contribution is -0.113. The zero-order valence-corrected chi connectivity index (χ0v) is 12.3. The molecule has 0 saturated carbocycles. The molecule has 5 nitrogen and oxygen atoms in total. The highest BCUT2D eigenvalue weighted by Crippen LogP contribution is 2.20. The number of nitrogens with one attached hydrogen (secondary N) is 2. The number of hydrogen-bond acceptors (Lipinski definition) is 4. The molecule has 8 heteroatoms. The Kier molecular flexibility index (Phi) is 4.54. The quantitative estimate of drug-likeness (QED) is 0.836. The first-order valence-electron chi connectivity index (χ1n) is 5.31. The standard InChI is InChI=1S/C11H10BrFN4OS/c1-6-14-11(17-16-6)19-5-10(18)15-9-3-2-7(12)4-8(9)13/h2-4H,5H2,1H3,(H,15,18)(H,14,16,17). The molecule has 1 heterocycles. The summed E-state index contributed by atoms with van der Waals surface area (Å²) in [4.78, 5) is 15.7. The Morgan fingerprint density at radius 1 is 1.58 bits per heavy atom. The molecule has 0 bridgehead atoms. The van der Waals surface area contributed by atoms with E-state index in [0.717, 1.165) is 0 Å². The fraction of sp³-hybridized carbons (Fsp3) is 0.182. The van der Waals surface area contributed by atoms with Crippen molar-refractivity contribution in [2.24, 2.45) is 0 Å². The molecule has 0 radical (unpaired) electrons. The Morgan fingerprint density at radius 3 is 3.00 bits per heavy atom. The van der Waals surface area contributed by atoms with Crippen molar-refractivity contribution in [2.75, 3.05) is 11.1 Å². The van der Waals surface area contributed by atoms with Gasteiger partial charge in [-0.05, 0) is 25.1 Å². The number of benzene rings is 1. The first-order chi connectivity index (χ1) is 9.04. The van der Waals surface area contributed by atoms with Crippen molar-refractivity contribution < 1.29 is 9.18 Å². The summed E-state index contributed by atoms with van der Waals surface area (Å²) in [7, 11) is 0. The van der Waals surface area contributed by atoms with E-state index in [9.17, 15) is 9.18 Å². The summed E-state index contributed by atoms with van der Waals surface area (Å²) in [5.74, 6) is 0.00397. The van der Waals surface area contributed by atoms with Crippen molar-refractivity contribution in [1.29, 1.82) is 0 Å². The van der Waals surface area contributed by atoms with Gasteiger partial charge in [0.1, 0.15) is 11.6 Å². The molecule has 1 amide bonds. The summed E-state index contributed by atoms with van der Waals surface area (Å²) in [6.07, 6.45) is 0. The number of nitrogens with zero attached hydrogens (tertiary/aromatic N) is 2. The number of amides is 1. The zero-order valence-electron chi connectivity index (χ0n) is 9.91. The fourth-order valence-electron chi connectivity index (χ4n) is 1.29. The second kappa shape index (κ2) is 6.16. The minimum Gasteiger partial charge on any atom is -0.323 e. The van der Waals surface area contributed by atoms with Gasteiger partial charge in [0.05, 0.1) is 11.4 Å². The van der Waals surface area contributed by atoms with Gasteiger partial charge < -0.3 is 5.32 Å². The highest BCUT2D eigenvalue weighted by Gasteiger charge is 2.09. The number of halogens is 2. The average molecular weight is 345 g/mol. The number of hydrogen-bond donors (Lipinski definition) is 2. The van der Waals surface area contributed by atoms with Gasteiger partial charge in [-0.2, -0.15) is 0 Å². The van der Waals surface area contributed by atoms with Gasteiger partial charge in [-0.15, -0.1) is 5.10 Å². The van der Waals surface area contributed by atoms with Gasteiger partial charge in [-0.25, -0.2) is 9.37 Å². The maximum Gasteiger partial charge on any atom is 0.234 e. The summed E-state index contributed by atoms with van der Waals surface area (Å²) < 4.78 is 14.1. The molecular weight excluding hydrogens is 335 g/mol. The van der Waals surface area contributed by atoms with E-state index in [1.54, 1.807) is 13.0 Å². The van der Waals surface area contributed by atoms with Crippen molar-refractivity contribution in [3.05, 3.63) is 34.3 Å². The Morgan fingerprint density at radius 2 is 2.37 bits per heavy atom. The molecule has 2 aromatic rings. The second-order valence-electron chi connectivity index (χ2n) is 3.66. The molecule has 0 spiro atoms. The predicted octanol–water partition coefficient (Wildman–Crippen LogP) is 2.75. The average Bonchev–Trinajstić information content (AvgIpc) is 2.76. The predicted molar refractivity (Wildman–Crippen MR) is 74.6 cm³/mol. The maximum absolute atomic E-state index is 13.5. The van der Waals surface area contributed by atoms with Gasteiger partial charge in [0.15, 0.2) is 0 Å². The van der Waals surface area contributed by atoms with Crippen LogP contribution in [0.2, 0.25) is 0 Å². The summed E-state index contributed by atoms with van der Waals surface area (Å²) in [5.41, 5.74) is 0.153. The van der Waals surface area contributed by atoms with E-state index in [1.165, 1.54) is 23.9 Å². The van der Waals surface area contributed by atoms with E-state index < -0.39 is 5.82 Å². The molecule has 0 aliphatic rings. The van der Waals surface area contributed by atoms with E-state index in [0.29, 0.717) is 15.5 Å². The monoisotopic (exact) mass is 344 g/mol. The van der Waals surface area contributed by atoms with E-state index in [1.807, 2.05) is 0 Å². The van der Waals surface area contributed by atoms with E-state index in [4.69, 9.17) is 0 Å². The fourth-order valence-corrected chi connectivity index (χ4v) is 2.27. The Labute approximate surface area is 121 Å². The van der Waals surface area contributed by atoms with Crippen molar-refractivity contribution in [3.8, 4) is 0 Å². The van der Waals surface area contributed by atoms with Gasteiger partial charge in [-0.1, -0.05) is 27.7 Å². The van der Waals surface area contributed by atoms with Crippen LogP contribution in [0.25, 0.3) is 0 Å². The lowest BCUT2D eigenvalue weighted by atomic mass is 10.3. The molecule has 0 unspecified atom stereocenters. The molecule has 0 atom stereocenters. The zero-order chi connectivity index (χ0) is 13.8. The molecule has 2 N–H and O–H groups in total. The highest BCUT2D eigenvalue weighted by molar-refractivity contribution is 9.10. The van der Waals surface area contributed by atoms with Crippen LogP contribution in [0.15, 0.2) is 27.8 Å². The number of carbonyl (C=O) groups excluding carboxylic acids is 1. The minimum atomic E-state index is -0.485. The SMILES string of the molecule is Cc1nc(SCC(=O)Nc2ccc(Br)cc2F)n[nH]1. The van der Waals surface area contributed by atoms with Crippen LogP contribution in [-0.4, -0.2) is 26.8 Å². The van der Waals surface area contributed by atoms with Crippen LogP contribution in [-0.2, 0) is 4.79 Å². The van der Waals surface area contributed by atoms with Crippen LogP contribution in [0.1, 0.15) is 5.82 Å². The number of carbonyl (C=O) groups is 1. The van der Waals surface area contributed by atoms with Crippen LogP contribution >= 0.6 is 27.7 Å². The molecule has 1 aromatic carbocycles. The van der Waals surface area contributed by atoms with Crippen molar-refractivity contribution in [3.63, 3.8) is 0 Å². The number of anilines is 1. The van der Waals surface area contributed by atoms with Gasteiger partial charge in [0.2, 0.25) is 11.1 Å². The Hall–Kier alpha value is -1.41. The molecule has 100 valence electrons. The number of H-pyrrole nitrogens is 1. The van der Waals surface area contributed by atoms with Crippen molar-refractivity contribution in [1.82, 2.24) is 15.2 Å². The lowest BCUT2D eigenvalue weighted by Crippen LogP contribution is -2.15. The second-order valence-corrected chi connectivity index (χ2v) is 5.52. The first kappa shape index (κ1) is 14.0. The van der Waals surface area contributed by atoms with Crippen LogP contribution in [0.3, 0.4) is 0 Å². The largest absolute Gasteiger partial charge is 0.323 e. The first-order valence-corrected chi connectivity index (χ1v) is 7.09. The molecule has 0 fully saturated rings. The van der Waals surface area contributed by atoms with E-state index in [2.05, 4.69) is 36.4 Å². The topological polar surface area (TPSA) is 70.7 Å². The number of thioether (sulfide) groups is 1. The third kappa shape index (κ3) is 4.03. The van der Waals surface area contributed by atoms with Gasteiger partial charge >= 0.3 is 0 Å². The third-order valence-electron chi connectivity index (χ3n) is 2.11. The molecule has 19 heavy (non-hydrogen) atoms. The third-order valence-corrected chi connectivity index (χ3v) is 3.45. The molecular formula is C11H10BrFN4OS. The Bertz CT molecular complexity index is 604. The van der Waals surface area contributed by atoms with E-state index >= 15 is 0 Å². The van der Waals surface area contributed by atoms with Crippen molar-refractivity contribution in [2.45, 2.75) is 12.1 Å². The van der Waals surface area contributed by atoms with E-state index in [-0.39, 0.29) is 17.3 Å². The van der Waals surface area contributed by atoms with Gasteiger partial charge in [0, 0.05) is 4.47 Å². The highest BCUT2D eigenvalue weighted by atomic mass is 79.9. The normalized spacial score (nSPS) is 10.5. The summed E-state index contributed by atoms with van der Waals surface area (Å²) in [6, 6.07) is 4.45. The molecule has 1 aromatic heterocycles. The van der Waals surface area contributed by atoms with Crippen LogP contribution in [0.4, 0.5) is 10.1 Å². The summed E-state index contributed by atoms with van der Waals surface area (Å²) in [6.45, 7) is 1.77. The molecule has 0 aliphatic carbocycles.